The number of rotatable bonds is 0. The van der Waals surface area contributed by atoms with Gasteiger partial charge >= 0.3 is 0 Å². The van der Waals surface area contributed by atoms with E-state index >= 15 is 0 Å². The van der Waals surface area contributed by atoms with Crippen LogP contribution in [0.2, 0.25) is 0 Å². The van der Waals surface area contributed by atoms with E-state index < -0.39 is 0 Å². The Labute approximate surface area is 85.9 Å². The summed E-state index contributed by atoms with van der Waals surface area (Å²) in [6, 6.07) is 6.30. The maximum Gasteiger partial charge on any atom is 0.0792 e. The van der Waals surface area contributed by atoms with Gasteiger partial charge in [-0.1, -0.05) is 6.07 Å². The number of aliphatic hydroxyl groups excluding tert-OH is 1. The molecule has 1 aromatic carbocycles. The van der Waals surface area contributed by atoms with Crippen molar-refractivity contribution in [3.8, 4) is 0 Å². The van der Waals surface area contributed by atoms with E-state index in [4.69, 9.17) is 0 Å². The van der Waals surface area contributed by atoms with E-state index in [0.717, 1.165) is 24.8 Å². The van der Waals surface area contributed by atoms with Crippen LogP contribution in [-0.4, -0.2) is 5.11 Å². The first-order chi connectivity index (χ1) is 5.77. The highest BCUT2D eigenvalue weighted by atomic mass is 127. The van der Waals surface area contributed by atoms with Crippen molar-refractivity contribution in [2.24, 2.45) is 0 Å². The summed E-state index contributed by atoms with van der Waals surface area (Å²) >= 11 is 2.31. The van der Waals surface area contributed by atoms with Crippen molar-refractivity contribution >= 4 is 22.6 Å². The zero-order valence-corrected chi connectivity index (χ0v) is 8.91. The van der Waals surface area contributed by atoms with Crippen molar-refractivity contribution in [2.75, 3.05) is 0 Å². The van der Waals surface area contributed by atoms with Gasteiger partial charge in [-0.2, -0.15) is 0 Å². The monoisotopic (exact) mass is 274 g/mol. The second-order valence-corrected chi connectivity index (χ2v) is 4.50. The SMILES string of the molecule is OC1CCCc2cc(I)ccc21. The number of aryl methyl sites for hydroxylation is 1. The zero-order valence-electron chi connectivity index (χ0n) is 6.76. The van der Waals surface area contributed by atoms with Crippen molar-refractivity contribution in [1.29, 1.82) is 0 Å². The van der Waals surface area contributed by atoms with Crippen molar-refractivity contribution in [3.05, 3.63) is 32.9 Å². The molecule has 0 heterocycles. The highest BCUT2D eigenvalue weighted by molar-refractivity contribution is 14.1. The average Bonchev–Trinajstić information content (AvgIpc) is 2.04. The molecule has 0 spiro atoms. The van der Waals surface area contributed by atoms with Crippen LogP contribution in [0.25, 0.3) is 0 Å². The van der Waals surface area contributed by atoms with Gasteiger partial charge in [0.2, 0.25) is 0 Å². The van der Waals surface area contributed by atoms with Gasteiger partial charge in [0, 0.05) is 3.57 Å². The highest BCUT2D eigenvalue weighted by Gasteiger charge is 2.17. The summed E-state index contributed by atoms with van der Waals surface area (Å²) in [5.74, 6) is 0. The van der Waals surface area contributed by atoms with Crippen LogP contribution in [0, 0.1) is 3.57 Å². The van der Waals surface area contributed by atoms with Crippen molar-refractivity contribution < 1.29 is 5.11 Å². The van der Waals surface area contributed by atoms with Gasteiger partial charge in [0.15, 0.2) is 0 Å². The van der Waals surface area contributed by atoms with E-state index in [-0.39, 0.29) is 6.10 Å². The summed E-state index contributed by atoms with van der Waals surface area (Å²) < 4.78 is 1.26. The van der Waals surface area contributed by atoms with Gasteiger partial charge < -0.3 is 5.11 Å². The van der Waals surface area contributed by atoms with Gasteiger partial charge in [-0.3, -0.25) is 0 Å². The Bertz CT molecular complexity index is 296. The molecule has 0 bridgehead atoms. The molecule has 1 nitrogen and oxygen atoms in total. The van der Waals surface area contributed by atoms with E-state index in [1.54, 1.807) is 0 Å². The molecule has 2 rings (SSSR count). The van der Waals surface area contributed by atoms with E-state index in [2.05, 4.69) is 40.8 Å². The molecule has 0 saturated heterocycles. The molecule has 0 saturated carbocycles. The maximum atomic E-state index is 9.65. The second-order valence-electron chi connectivity index (χ2n) is 3.25. The third kappa shape index (κ3) is 1.50. The molecule has 1 aliphatic rings. The summed E-state index contributed by atoms with van der Waals surface area (Å²) in [7, 11) is 0. The lowest BCUT2D eigenvalue weighted by atomic mass is 9.90. The molecular formula is C10H11IO. The minimum Gasteiger partial charge on any atom is -0.388 e. The quantitative estimate of drug-likeness (QED) is 0.721. The number of fused-ring (bicyclic) bond motifs is 1. The normalized spacial score (nSPS) is 22.0. The Morgan fingerprint density at radius 3 is 3.08 bits per heavy atom. The van der Waals surface area contributed by atoms with Crippen LogP contribution in [0.1, 0.15) is 30.1 Å². The Balaban J connectivity index is 2.46. The molecule has 0 aromatic heterocycles. The minimum atomic E-state index is -0.217. The molecule has 1 unspecified atom stereocenters. The molecular weight excluding hydrogens is 263 g/mol. The zero-order chi connectivity index (χ0) is 8.55. The topological polar surface area (TPSA) is 20.2 Å². The molecule has 12 heavy (non-hydrogen) atoms. The van der Waals surface area contributed by atoms with Gasteiger partial charge in [-0.25, -0.2) is 0 Å². The fourth-order valence-electron chi connectivity index (χ4n) is 1.76. The number of hydrogen-bond donors (Lipinski definition) is 1. The van der Waals surface area contributed by atoms with Crippen LogP contribution in [0.4, 0.5) is 0 Å². The van der Waals surface area contributed by atoms with Crippen molar-refractivity contribution in [2.45, 2.75) is 25.4 Å². The van der Waals surface area contributed by atoms with E-state index in [0.29, 0.717) is 0 Å². The lowest BCUT2D eigenvalue weighted by Crippen LogP contribution is -2.08. The summed E-state index contributed by atoms with van der Waals surface area (Å²) in [6.07, 6.45) is 2.95. The molecule has 0 aliphatic heterocycles. The Hall–Kier alpha value is -0.0900. The fraction of sp³-hybridized carbons (Fsp3) is 0.400. The van der Waals surface area contributed by atoms with Crippen molar-refractivity contribution in [1.82, 2.24) is 0 Å². The van der Waals surface area contributed by atoms with Crippen LogP contribution in [0.15, 0.2) is 18.2 Å². The van der Waals surface area contributed by atoms with Crippen LogP contribution in [-0.2, 0) is 6.42 Å². The maximum absolute atomic E-state index is 9.65. The molecule has 1 N–H and O–H groups in total. The summed E-state index contributed by atoms with van der Waals surface area (Å²) in [4.78, 5) is 0. The predicted octanol–water partition coefficient (Wildman–Crippen LogP) is 2.66. The number of aliphatic hydroxyl groups is 1. The molecule has 0 amide bonds. The summed E-state index contributed by atoms with van der Waals surface area (Å²) in [5, 5.41) is 9.65. The van der Waals surface area contributed by atoms with Crippen LogP contribution in [0.5, 0.6) is 0 Å². The fourth-order valence-corrected chi connectivity index (χ4v) is 2.31. The molecule has 1 aromatic rings. The number of halogens is 1. The smallest absolute Gasteiger partial charge is 0.0792 e. The summed E-state index contributed by atoms with van der Waals surface area (Å²) in [6.45, 7) is 0. The third-order valence-corrected chi connectivity index (χ3v) is 3.06. The average molecular weight is 274 g/mol. The van der Waals surface area contributed by atoms with Crippen LogP contribution in [0.3, 0.4) is 0 Å². The van der Waals surface area contributed by atoms with Gasteiger partial charge in [0.05, 0.1) is 6.10 Å². The molecule has 0 fully saturated rings. The van der Waals surface area contributed by atoms with Gasteiger partial charge in [0.1, 0.15) is 0 Å². The number of hydrogen-bond acceptors (Lipinski definition) is 1. The first-order valence-corrected chi connectivity index (χ1v) is 5.31. The Morgan fingerprint density at radius 2 is 2.25 bits per heavy atom. The first kappa shape index (κ1) is 8.51. The standard InChI is InChI=1S/C10H11IO/c11-8-4-5-9-7(6-8)2-1-3-10(9)12/h4-6,10,12H,1-3H2. The minimum absolute atomic E-state index is 0.217. The highest BCUT2D eigenvalue weighted by Crippen LogP contribution is 2.30. The molecule has 1 atom stereocenters. The Morgan fingerprint density at radius 1 is 1.42 bits per heavy atom. The van der Waals surface area contributed by atoms with Crippen LogP contribution < -0.4 is 0 Å². The molecule has 0 radical (unpaired) electrons. The second kappa shape index (κ2) is 3.34. The first-order valence-electron chi connectivity index (χ1n) is 4.24. The summed E-state index contributed by atoms with van der Waals surface area (Å²) in [5.41, 5.74) is 2.47. The number of benzene rings is 1. The van der Waals surface area contributed by atoms with Gasteiger partial charge in [-0.15, -0.1) is 0 Å². The lowest BCUT2D eigenvalue weighted by molar-refractivity contribution is 0.156. The van der Waals surface area contributed by atoms with E-state index in [1.165, 1.54) is 9.13 Å². The molecule has 1 aliphatic carbocycles. The molecule has 64 valence electrons. The predicted molar refractivity (Wildman–Crippen MR) is 57.1 cm³/mol. The van der Waals surface area contributed by atoms with Gasteiger partial charge in [0.25, 0.3) is 0 Å². The van der Waals surface area contributed by atoms with E-state index in [1.807, 2.05) is 0 Å². The van der Waals surface area contributed by atoms with E-state index in [9.17, 15) is 5.11 Å². The Kier molecular flexibility index (Phi) is 2.37. The van der Waals surface area contributed by atoms with Gasteiger partial charge in [-0.05, 0) is 65.1 Å². The lowest BCUT2D eigenvalue weighted by Gasteiger charge is -2.21. The van der Waals surface area contributed by atoms with Crippen LogP contribution >= 0.6 is 22.6 Å². The third-order valence-electron chi connectivity index (χ3n) is 2.39. The van der Waals surface area contributed by atoms with Crippen molar-refractivity contribution in [3.63, 3.8) is 0 Å². The largest absolute Gasteiger partial charge is 0.388 e. The molecule has 2 heteroatoms.